The summed E-state index contributed by atoms with van der Waals surface area (Å²) >= 11 is 1.60. The van der Waals surface area contributed by atoms with Crippen LogP contribution in [0.25, 0.3) is 0 Å². The van der Waals surface area contributed by atoms with E-state index in [9.17, 15) is 0 Å². The summed E-state index contributed by atoms with van der Waals surface area (Å²) in [6.07, 6.45) is 2.34. The number of hydrogen-bond acceptors (Lipinski definition) is 7. The summed E-state index contributed by atoms with van der Waals surface area (Å²) in [5.41, 5.74) is 5.60. The van der Waals surface area contributed by atoms with Gasteiger partial charge < -0.3 is 10.3 Å². The molecular weight excluding hydrogens is 264 g/mol. The molecule has 0 aliphatic heterocycles. The molecule has 0 aromatic carbocycles. The highest BCUT2D eigenvalue weighted by molar-refractivity contribution is 7.98. The lowest BCUT2D eigenvalue weighted by atomic mass is 10.6. The first-order valence-corrected chi connectivity index (χ1v) is 7.27. The average Bonchev–Trinajstić information content (AvgIpc) is 3.05. The lowest BCUT2D eigenvalue weighted by Gasteiger charge is -2.06. The molecule has 0 unspecified atom stereocenters. The highest BCUT2D eigenvalue weighted by atomic mass is 32.2. The molecule has 3 rings (SSSR count). The zero-order valence-corrected chi connectivity index (χ0v) is 11.5. The van der Waals surface area contributed by atoms with Crippen molar-refractivity contribution < 1.29 is 0 Å². The summed E-state index contributed by atoms with van der Waals surface area (Å²) in [7, 11) is 0. The fourth-order valence-corrected chi connectivity index (χ4v) is 2.82. The van der Waals surface area contributed by atoms with Gasteiger partial charge >= 0.3 is 0 Å². The predicted molar refractivity (Wildman–Crippen MR) is 69.5 cm³/mol. The maximum Gasteiger partial charge on any atom is 0.191 e. The standard InChI is InChI=1S/C10H16N8S/c1-7-12-14-10(17(7)5-4-11)19-6-9-13-15-16-18(9)8-2-3-8/h8H,2-6,11H2,1H3. The molecule has 19 heavy (non-hydrogen) atoms. The number of rotatable bonds is 6. The van der Waals surface area contributed by atoms with Crippen molar-refractivity contribution >= 4 is 11.8 Å². The van der Waals surface area contributed by atoms with E-state index in [0.717, 1.165) is 23.4 Å². The van der Waals surface area contributed by atoms with Crippen LogP contribution in [0.2, 0.25) is 0 Å². The summed E-state index contributed by atoms with van der Waals surface area (Å²) in [5.74, 6) is 2.48. The van der Waals surface area contributed by atoms with Crippen molar-refractivity contribution in [2.75, 3.05) is 6.54 Å². The molecule has 1 saturated carbocycles. The fraction of sp³-hybridized carbons (Fsp3) is 0.700. The normalized spacial score (nSPS) is 15.1. The van der Waals surface area contributed by atoms with Crippen molar-refractivity contribution in [3.8, 4) is 0 Å². The van der Waals surface area contributed by atoms with Crippen molar-refractivity contribution in [3.05, 3.63) is 11.6 Å². The van der Waals surface area contributed by atoms with Gasteiger partial charge in [0.05, 0.1) is 11.8 Å². The Hall–Kier alpha value is -1.48. The van der Waals surface area contributed by atoms with Crippen molar-refractivity contribution in [1.29, 1.82) is 0 Å². The van der Waals surface area contributed by atoms with Gasteiger partial charge in [0.1, 0.15) is 5.82 Å². The van der Waals surface area contributed by atoms with E-state index in [2.05, 4.69) is 25.7 Å². The van der Waals surface area contributed by atoms with Gasteiger partial charge in [-0.2, -0.15) is 0 Å². The van der Waals surface area contributed by atoms with E-state index in [4.69, 9.17) is 5.73 Å². The van der Waals surface area contributed by atoms with Crippen molar-refractivity contribution in [1.82, 2.24) is 35.0 Å². The first-order valence-electron chi connectivity index (χ1n) is 6.29. The minimum absolute atomic E-state index is 0.495. The smallest absolute Gasteiger partial charge is 0.191 e. The molecule has 0 saturated heterocycles. The first kappa shape index (κ1) is 12.5. The van der Waals surface area contributed by atoms with E-state index >= 15 is 0 Å². The Bertz CT molecular complexity index is 558. The molecule has 1 fully saturated rings. The second-order valence-corrected chi connectivity index (χ2v) is 5.47. The van der Waals surface area contributed by atoms with Crippen LogP contribution in [0.15, 0.2) is 5.16 Å². The van der Waals surface area contributed by atoms with Gasteiger partial charge in [0, 0.05) is 13.1 Å². The molecule has 2 aromatic rings. The van der Waals surface area contributed by atoms with Crippen LogP contribution in [0.4, 0.5) is 0 Å². The number of hydrogen-bond donors (Lipinski definition) is 1. The molecule has 0 spiro atoms. The van der Waals surface area contributed by atoms with Crippen LogP contribution in [0.3, 0.4) is 0 Å². The van der Waals surface area contributed by atoms with Gasteiger partial charge in [-0.05, 0) is 30.2 Å². The number of tetrazole rings is 1. The van der Waals surface area contributed by atoms with E-state index in [1.54, 1.807) is 11.8 Å². The third kappa shape index (κ3) is 2.61. The van der Waals surface area contributed by atoms with Crippen LogP contribution in [0, 0.1) is 6.92 Å². The van der Waals surface area contributed by atoms with Crippen LogP contribution >= 0.6 is 11.8 Å². The molecule has 8 nitrogen and oxygen atoms in total. The van der Waals surface area contributed by atoms with E-state index in [1.807, 2.05) is 16.2 Å². The highest BCUT2D eigenvalue weighted by Gasteiger charge is 2.27. The Morgan fingerprint density at radius 1 is 1.32 bits per heavy atom. The van der Waals surface area contributed by atoms with Gasteiger partial charge in [-0.3, -0.25) is 0 Å². The zero-order chi connectivity index (χ0) is 13.2. The van der Waals surface area contributed by atoms with Crippen LogP contribution in [-0.2, 0) is 12.3 Å². The second kappa shape index (κ2) is 5.25. The van der Waals surface area contributed by atoms with E-state index in [-0.39, 0.29) is 0 Å². The van der Waals surface area contributed by atoms with Crippen LogP contribution in [0.1, 0.15) is 30.5 Å². The molecule has 1 aliphatic rings. The molecule has 9 heteroatoms. The van der Waals surface area contributed by atoms with Crippen molar-refractivity contribution in [2.45, 2.75) is 43.3 Å². The summed E-state index contributed by atoms with van der Waals surface area (Å²) < 4.78 is 3.94. The maximum atomic E-state index is 5.60. The number of thioether (sulfide) groups is 1. The third-order valence-electron chi connectivity index (χ3n) is 3.04. The van der Waals surface area contributed by atoms with Gasteiger partial charge in [0.15, 0.2) is 11.0 Å². The average molecular weight is 280 g/mol. The molecule has 1 aliphatic carbocycles. The van der Waals surface area contributed by atoms with Gasteiger partial charge in [-0.15, -0.1) is 15.3 Å². The fourth-order valence-electron chi connectivity index (χ4n) is 1.89. The maximum absolute atomic E-state index is 5.60. The summed E-state index contributed by atoms with van der Waals surface area (Å²) in [6.45, 7) is 3.24. The molecule has 0 radical (unpaired) electrons. The largest absolute Gasteiger partial charge is 0.329 e. The van der Waals surface area contributed by atoms with Crippen molar-refractivity contribution in [2.24, 2.45) is 5.73 Å². The first-order chi connectivity index (χ1) is 9.29. The molecule has 2 heterocycles. The van der Waals surface area contributed by atoms with Gasteiger partial charge in [-0.25, -0.2) is 4.68 Å². The number of aryl methyl sites for hydroxylation is 1. The lowest BCUT2D eigenvalue weighted by Crippen LogP contribution is -2.12. The van der Waals surface area contributed by atoms with E-state index < -0.39 is 0 Å². The Kier molecular flexibility index (Phi) is 3.47. The van der Waals surface area contributed by atoms with Crippen molar-refractivity contribution in [3.63, 3.8) is 0 Å². The lowest BCUT2D eigenvalue weighted by molar-refractivity contribution is 0.592. The SMILES string of the molecule is Cc1nnc(SCc2nnnn2C2CC2)n1CCN. The molecule has 2 N–H and O–H groups in total. The van der Waals surface area contributed by atoms with Crippen LogP contribution < -0.4 is 5.73 Å². The zero-order valence-electron chi connectivity index (χ0n) is 10.7. The Labute approximate surface area is 114 Å². The molecule has 0 bridgehead atoms. The van der Waals surface area contributed by atoms with Gasteiger partial charge in [0.2, 0.25) is 0 Å². The summed E-state index contributed by atoms with van der Waals surface area (Å²) in [5, 5.41) is 21.0. The minimum atomic E-state index is 0.495. The van der Waals surface area contributed by atoms with E-state index in [1.165, 1.54) is 12.8 Å². The van der Waals surface area contributed by atoms with Crippen LogP contribution in [0.5, 0.6) is 0 Å². The predicted octanol–water partition coefficient (Wildman–Crippen LogP) is 0.159. The number of aromatic nitrogens is 7. The summed E-state index contributed by atoms with van der Waals surface area (Å²) in [4.78, 5) is 0. The monoisotopic (exact) mass is 280 g/mol. The van der Waals surface area contributed by atoms with Gasteiger partial charge in [-0.1, -0.05) is 11.8 Å². The molecule has 102 valence electrons. The number of nitrogens with two attached hydrogens (primary N) is 1. The molecule has 2 aromatic heterocycles. The molecule has 0 amide bonds. The quantitative estimate of drug-likeness (QED) is 0.752. The Morgan fingerprint density at radius 2 is 2.16 bits per heavy atom. The Morgan fingerprint density at radius 3 is 2.89 bits per heavy atom. The molecule has 0 atom stereocenters. The van der Waals surface area contributed by atoms with Crippen LogP contribution in [-0.4, -0.2) is 41.5 Å². The Balaban J connectivity index is 1.70. The van der Waals surface area contributed by atoms with Gasteiger partial charge in [0.25, 0.3) is 0 Å². The summed E-state index contributed by atoms with van der Waals surface area (Å²) in [6, 6.07) is 0.495. The second-order valence-electron chi connectivity index (χ2n) is 4.53. The minimum Gasteiger partial charge on any atom is -0.329 e. The van der Waals surface area contributed by atoms with E-state index in [0.29, 0.717) is 18.3 Å². The topological polar surface area (TPSA) is 100 Å². The third-order valence-corrected chi connectivity index (χ3v) is 4.00. The highest BCUT2D eigenvalue weighted by Crippen LogP contribution is 2.35. The molecular formula is C10H16N8S. The number of nitrogens with zero attached hydrogens (tertiary/aromatic N) is 7.